The van der Waals surface area contributed by atoms with Crippen LogP contribution in [0.2, 0.25) is 0 Å². The Labute approximate surface area is 93.8 Å². The van der Waals surface area contributed by atoms with Crippen LogP contribution in [0.25, 0.3) is 0 Å². The van der Waals surface area contributed by atoms with Crippen molar-refractivity contribution in [3.05, 3.63) is 0 Å². The summed E-state index contributed by atoms with van der Waals surface area (Å²) in [5.41, 5.74) is 0. The molecule has 1 fully saturated rings. The van der Waals surface area contributed by atoms with Crippen molar-refractivity contribution in [3.63, 3.8) is 0 Å². The van der Waals surface area contributed by atoms with Crippen molar-refractivity contribution in [1.82, 2.24) is 0 Å². The molecular formula is C10H16O6. The zero-order valence-corrected chi connectivity index (χ0v) is 9.60. The second kappa shape index (κ2) is 5.81. The zero-order valence-electron chi connectivity index (χ0n) is 9.60. The van der Waals surface area contributed by atoms with Crippen molar-refractivity contribution < 1.29 is 28.5 Å². The van der Waals surface area contributed by atoms with Gasteiger partial charge in [0.05, 0.1) is 0 Å². The second-order valence-corrected chi connectivity index (χ2v) is 3.53. The molecule has 1 aliphatic rings. The molecule has 92 valence electrons. The molecule has 0 bridgehead atoms. The molecule has 0 aliphatic carbocycles. The highest BCUT2D eigenvalue weighted by Crippen LogP contribution is 2.24. The van der Waals surface area contributed by atoms with Crippen molar-refractivity contribution in [2.75, 3.05) is 13.7 Å². The maximum absolute atomic E-state index is 10.9. The third-order valence-corrected chi connectivity index (χ3v) is 2.20. The molecule has 1 saturated heterocycles. The first-order valence-electron chi connectivity index (χ1n) is 5.01. The van der Waals surface area contributed by atoms with Gasteiger partial charge in [0.15, 0.2) is 6.29 Å². The number of carbonyl (C=O) groups excluding carboxylic acids is 2. The van der Waals surface area contributed by atoms with Gasteiger partial charge in [-0.25, -0.2) is 0 Å². The maximum atomic E-state index is 10.9. The molecule has 0 unspecified atom stereocenters. The van der Waals surface area contributed by atoms with Gasteiger partial charge in [-0.15, -0.1) is 0 Å². The van der Waals surface area contributed by atoms with Gasteiger partial charge in [0.1, 0.15) is 18.8 Å². The standard InChI is InChI=1S/C10H16O6/c1-6(11)14-5-9-8(15-7(2)12)4-10(13-3)16-9/h8-10H,4-5H2,1-3H3/t8-,9-,10-/m1/s1. The van der Waals surface area contributed by atoms with Gasteiger partial charge >= 0.3 is 11.9 Å². The van der Waals surface area contributed by atoms with E-state index in [1.165, 1.54) is 21.0 Å². The lowest BCUT2D eigenvalue weighted by atomic mass is 10.2. The fourth-order valence-electron chi connectivity index (χ4n) is 1.51. The molecule has 1 aliphatic heterocycles. The van der Waals surface area contributed by atoms with Crippen LogP contribution in [0.15, 0.2) is 0 Å². The Morgan fingerprint density at radius 2 is 2.00 bits per heavy atom. The molecule has 6 heteroatoms. The summed E-state index contributed by atoms with van der Waals surface area (Å²) in [7, 11) is 1.50. The average Bonchev–Trinajstić information content (AvgIpc) is 2.56. The number of esters is 2. The lowest BCUT2D eigenvalue weighted by Gasteiger charge is -2.17. The van der Waals surface area contributed by atoms with Gasteiger partial charge in [0.2, 0.25) is 0 Å². The average molecular weight is 232 g/mol. The van der Waals surface area contributed by atoms with E-state index in [2.05, 4.69) is 0 Å². The van der Waals surface area contributed by atoms with Crippen LogP contribution < -0.4 is 0 Å². The van der Waals surface area contributed by atoms with E-state index in [-0.39, 0.29) is 6.61 Å². The van der Waals surface area contributed by atoms with Gasteiger partial charge in [-0.2, -0.15) is 0 Å². The highest BCUT2D eigenvalue weighted by molar-refractivity contribution is 5.66. The van der Waals surface area contributed by atoms with Gasteiger partial charge in [-0.3, -0.25) is 9.59 Å². The molecule has 6 nitrogen and oxygen atoms in total. The summed E-state index contributed by atoms with van der Waals surface area (Å²) in [5, 5.41) is 0. The predicted octanol–water partition coefficient (Wildman–Crippen LogP) is 0.243. The predicted molar refractivity (Wildman–Crippen MR) is 52.5 cm³/mol. The van der Waals surface area contributed by atoms with Gasteiger partial charge < -0.3 is 18.9 Å². The number of carbonyl (C=O) groups is 2. The first-order valence-corrected chi connectivity index (χ1v) is 5.01. The molecule has 16 heavy (non-hydrogen) atoms. The van der Waals surface area contributed by atoms with Crippen molar-refractivity contribution in [2.24, 2.45) is 0 Å². The van der Waals surface area contributed by atoms with Gasteiger partial charge in [0, 0.05) is 27.4 Å². The normalized spacial score (nSPS) is 28.8. The summed E-state index contributed by atoms with van der Waals surface area (Å²) in [4.78, 5) is 21.5. The van der Waals surface area contributed by atoms with Crippen LogP contribution in [0.5, 0.6) is 0 Å². The summed E-state index contributed by atoms with van der Waals surface area (Å²) < 4.78 is 20.3. The molecule has 0 spiro atoms. The molecular weight excluding hydrogens is 216 g/mol. The van der Waals surface area contributed by atoms with Crippen LogP contribution in [0, 0.1) is 0 Å². The topological polar surface area (TPSA) is 71.1 Å². The van der Waals surface area contributed by atoms with Crippen molar-refractivity contribution >= 4 is 11.9 Å². The minimum Gasteiger partial charge on any atom is -0.463 e. The fourth-order valence-corrected chi connectivity index (χ4v) is 1.51. The largest absolute Gasteiger partial charge is 0.463 e. The first kappa shape index (κ1) is 12.9. The lowest BCUT2D eigenvalue weighted by Crippen LogP contribution is -2.31. The molecule has 1 rings (SSSR count). The number of hydrogen-bond donors (Lipinski definition) is 0. The Hall–Kier alpha value is -1.14. The monoisotopic (exact) mass is 232 g/mol. The van der Waals surface area contributed by atoms with Gasteiger partial charge in [-0.1, -0.05) is 0 Å². The highest BCUT2D eigenvalue weighted by Gasteiger charge is 2.38. The van der Waals surface area contributed by atoms with Crippen molar-refractivity contribution in [2.45, 2.75) is 38.8 Å². The number of methoxy groups -OCH3 is 1. The second-order valence-electron chi connectivity index (χ2n) is 3.53. The molecule has 3 atom stereocenters. The van der Waals surface area contributed by atoms with E-state index < -0.39 is 30.4 Å². The van der Waals surface area contributed by atoms with Crippen LogP contribution in [0.3, 0.4) is 0 Å². The third-order valence-electron chi connectivity index (χ3n) is 2.20. The van der Waals surface area contributed by atoms with E-state index in [0.717, 1.165) is 0 Å². The third kappa shape index (κ3) is 3.79. The van der Waals surface area contributed by atoms with E-state index in [4.69, 9.17) is 18.9 Å². The number of hydrogen-bond acceptors (Lipinski definition) is 6. The van der Waals surface area contributed by atoms with Crippen LogP contribution >= 0.6 is 0 Å². The molecule has 0 aromatic rings. The molecule has 0 saturated carbocycles. The van der Waals surface area contributed by atoms with E-state index in [9.17, 15) is 9.59 Å². The minimum atomic E-state index is -0.460. The Balaban J connectivity index is 2.49. The van der Waals surface area contributed by atoms with Gasteiger partial charge in [0.25, 0.3) is 0 Å². The van der Waals surface area contributed by atoms with Crippen LogP contribution in [0.1, 0.15) is 20.3 Å². The van der Waals surface area contributed by atoms with E-state index in [0.29, 0.717) is 6.42 Å². The quantitative estimate of drug-likeness (QED) is 0.647. The van der Waals surface area contributed by atoms with Crippen LogP contribution in [-0.4, -0.2) is 44.2 Å². The smallest absolute Gasteiger partial charge is 0.303 e. The Bertz CT molecular complexity index is 264. The molecule has 0 N–H and O–H groups in total. The Morgan fingerprint density at radius 3 is 2.50 bits per heavy atom. The number of ether oxygens (including phenoxy) is 4. The summed E-state index contributed by atoms with van der Waals surface area (Å²) in [6.07, 6.45) is -0.869. The SMILES string of the molecule is CO[C@H]1C[C@@H](OC(C)=O)[C@@H](COC(C)=O)O1. The van der Waals surface area contributed by atoms with Crippen molar-refractivity contribution in [1.29, 1.82) is 0 Å². The van der Waals surface area contributed by atoms with E-state index >= 15 is 0 Å². The molecule has 1 heterocycles. The molecule has 0 aromatic carbocycles. The van der Waals surface area contributed by atoms with Crippen LogP contribution in [-0.2, 0) is 28.5 Å². The maximum Gasteiger partial charge on any atom is 0.303 e. The molecule has 0 aromatic heterocycles. The summed E-state index contributed by atoms with van der Waals surface area (Å²) >= 11 is 0. The highest BCUT2D eigenvalue weighted by atomic mass is 16.7. The fraction of sp³-hybridized carbons (Fsp3) is 0.800. The minimum absolute atomic E-state index is 0.0626. The van der Waals surface area contributed by atoms with E-state index in [1.54, 1.807) is 0 Å². The molecule has 0 radical (unpaired) electrons. The summed E-state index contributed by atoms with van der Waals surface area (Å²) in [6, 6.07) is 0. The number of rotatable bonds is 4. The molecule has 0 amide bonds. The van der Waals surface area contributed by atoms with E-state index in [1.807, 2.05) is 0 Å². The van der Waals surface area contributed by atoms with Crippen molar-refractivity contribution in [3.8, 4) is 0 Å². The lowest BCUT2D eigenvalue weighted by molar-refractivity contribution is -0.161. The Morgan fingerprint density at radius 1 is 1.31 bits per heavy atom. The first-order chi connectivity index (χ1) is 7.52. The Kier molecular flexibility index (Phi) is 4.70. The van der Waals surface area contributed by atoms with Crippen LogP contribution in [0.4, 0.5) is 0 Å². The van der Waals surface area contributed by atoms with Gasteiger partial charge in [-0.05, 0) is 0 Å². The summed E-state index contributed by atoms with van der Waals surface area (Å²) in [6.45, 7) is 2.69. The summed E-state index contributed by atoms with van der Waals surface area (Å²) in [5.74, 6) is -0.788. The zero-order chi connectivity index (χ0) is 12.1.